The van der Waals surface area contributed by atoms with Crippen molar-refractivity contribution in [2.24, 2.45) is 0 Å². The summed E-state index contributed by atoms with van der Waals surface area (Å²) in [7, 11) is 0. The molecule has 1 aromatic rings. The molecule has 0 radical (unpaired) electrons. The van der Waals surface area contributed by atoms with Crippen LogP contribution in [-0.4, -0.2) is 44.3 Å². The van der Waals surface area contributed by atoms with Gasteiger partial charge in [-0.1, -0.05) is 24.8 Å². The predicted octanol–water partition coefficient (Wildman–Crippen LogP) is 1.80. The quantitative estimate of drug-likeness (QED) is 0.487. The molecule has 0 bridgehead atoms. The number of allylic oxidation sites excluding steroid dienone is 1. The van der Waals surface area contributed by atoms with Crippen LogP contribution in [0.4, 0.5) is 0 Å². The van der Waals surface area contributed by atoms with Crippen molar-refractivity contribution >= 4 is 17.7 Å². The summed E-state index contributed by atoms with van der Waals surface area (Å²) in [5, 5.41) is 10.3. The van der Waals surface area contributed by atoms with Gasteiger partial charge in [0, 0.05) is 19.6 Å². The Kier molecular flexibility index (Phi) is 6.27. The van der Waals surface area contributed by atoms with Crippen molar-refractivity contribution in [1.82, 2.24) is 14.5 Å². The second kappa shape index (κ2) is 8.19. The van der Waals surface area contributed by atoms with Crippen LogP contribution in [0.15, 0.2) is 22.6 Å². The second-order valence-electron chi connectivity index (χ2n) is 5.48. The average molecular weight is 337 g/mol. The molecule has 0 aliphatic carbocycles. The van der Waals surface area contributed by atoms with E-state index in [1.165, 1.54) is 22.7 Å². The zero-order valence-electron chi connectivity index (χ0n) is 13.5. The van der Waals surface area contributed by atoms with Gasteiger partial charge in [0.2, 0.25) is 11.8 Å². The van der Waals surface area contributed by atoms with E-state index in [2.05, 4.69) is 11.6 Å². The number of thioether (sulfide) groups is 1. The van der Waals surface area contributed by atoms with Crippen molar-refractivity contribution < 1.29 is 9.90 Å². The minimum absolute atomic E-state index is 0.0492. The third kappa shape index (κ3) is 4.16. The Morgan fingerprint density at radius 3 is 2.70 bits per heavy atom. The van der Waals surface area contributed by atoms with Crippen LogP contribution >= 0.6 is 11.8 Å². The molecule has 1 aromatic heterocycles. The number of carbonyl (C=O) groups excluding carboxylic acids is 1. The predicted molar refractivity (Wildman–Crippen MR) is 90.9 cm³/mol. The normalized spacial score (nSPS) is 14.7. The molecule has 2 rings (SSSR count). The number of hydrogen-bond donors (Lipinski definition) is 1. The Balaban J connectivity index is 2.16. The number of amides is 1. The third-order valence-electron chi connectivity index (χ3n) is 3.90. The summed E-state index contributed by atoms with van der Waals surface area (Å²) in [6.07, 6.45) is 5.27. The van der Waals surface area contributed by atoms with E-state index in [9.17, 15) is 14.7 Å². The molecule has 1 N–H and O–H groups in total. The Bertz CT molecular complexity index is 636. The highest BCUT2D eigenvalue weighted by Crippen LogP contribution is 2.21. The molecule has 126 valence electrons. The summed E-state index contributed by atoms with van der Waals surface area (Å²) < 4.78 is 1.46. The number of likely N-dealkylation sites (tertiary alicyclic amines) is 1. The van der Waals surface area contributed by atoms with Crippen molar-refractivity contribution in [3.8, 4) is 5.88 Å². The molecule has 23 heavy (non-hydrogen) atoms. The van der Waals surface area contributed by atoms with Crippen molar-refractivity contribution in [3.05, 3.63) is 28.6 Å². The fourth-order valence-electron chi connectivity index (χ4n) is 2.63. The number of rotatable bonds is 6. The van der Waals surface area contributed by atoms with E-state index in [1.54, 1.807) is 13.0 Å². The Labute approximate surface area is 140 Å². The first-order valence-electron chi connectivity index (χ1n) is 7.92. The first-order chi connectivity index (χ1) is 11.1. The summed E-state index contributed by atoms with van der Waals surface area (Å²) >= 11 is 1.19. The standard InChI is InChI=1S/C16H23N3O3S/c1-3-8-19-15(22)12(4-2)14(21)17-16(19)23-11-13(20)18-9-6-5-7-10-18/h3,21H,1,4-11H2,2H3. The van der Waals surface area contributed by atoms with Crippen molar-refractivity contribution in [2.75, 3.05) is 18.8 Å². The molecule has 1 amide bonds. The molecule has 0 atom stereocenters. The minimum Gasteiger partial charge on any atom is -0.493 e. The van der Waals surface area contributed by atoms with Gasteiger partial charge in [-0.2, -0.15) is 4.98 Å². The highest BCUT2D eigenvalue weighted by atomic mass is 32.2. The molecule has 6 nitrogen and oxygen atoms in total. The first kappa shape index (κ1) is 17.6. The van der Waals surface area contributed by atoms with E-state index in [4.69, 9.17) is 0 Å². The van der Waals surface area contributed by atoms with E-state index in [1.807, 2.05) is 4.90 Å². The molecule has 1 aliphatic rings. The Morgan fingerprint density at radius 2 is 2.09 bits per heavy atom. The number of piperidine rings is 1. The molecule has 0 aromatic carbocycles. The molecule has 0 unspecified atom stereocenters. The van der Waals surface area contributed by atoms with E-state index in [0.29, 0.717) is 23.7 Å². The lowest BCUT2D eigenvalue weighted by Crippen LogP contribution is -2.37. The van der Waals surface area contributed by atoms with Gasteiger partial charge in [-0.05, 0) is 25.7 Å². The largest absolute Gasteiger partial charge is 0.493 e. The highest BCUT2D eigenvalue weighted by Gasteiger charge is 2.19. The van der Waals surface area contributed by atoms with E-state index >= 15 is 0 Å². The van der Waals surface area contributed by atoms with Crippen LogP contribution in [-0.2, 0) is 17.8 Å². The molecule has 1 saturated heterocycles. The van der Waals surface area contributed by atoms with Gasteiger partial charge in [0.15, 0.2) is 5.16 Å². The monoisotopic (exact) mass is 337 g/mol. The van der Waals surface area contributed by atoms with Gasteiger partial charge in [0.05, 0.1) is 11.3 Å². The van der Waals surface area contributed by atoms with Crippen LogP contribution < -0.4 is 5.56 Å². The zero-order valence-corrected chi connectivity index (χ0v) is 14.3. The maximum absolute atomic E-state index is 12.4. The van der Waals surface area contributed by atoms with Gasteiger partial charge in [0.25, 0.3) is 5.56 Å². The van der Waals surface area contributed by atoms with Crippen LogP contribution in [0, 0.1) is 0 Å². The molecule has 0 saturated carbocycles. The number of carbonyl (C=O) groups is 1. The van der Waals surface area contributed by atoms with Crippen LogP contribution in [0.25, 0.3) is 0 Å². The lowest BCUT2D eigenvalue weighted by molar-refractivity contribution is -0.129. The SMILES string of the molecule is C=CCn1c(SCC(=O)N2CCCCC2)nc(O)c(CC)c1=O. The fraction of sp³-hybridized carbons (Fsp3) is 0.562. The van der Waals surface area contributed by atoms with Gasteiger partial charge in [-0.3, -0.25) is 14.2 Å². The average Bonchev–Trinajstić information content (AvgIpc) is 2.56. The maximum Gasteiger partial charge on any atom is 0.261 e. The molecular formula is C16H23N3O3S. The Morgan fingerprint density at radius 1 is 1.39 bits per heavy atom. The van der Waals surface area contributed by atoms with E-state index in [-0.39, 0.29) is 23.1 Å². The minimum atomic E-state index is -0.271. The van der Waals surface area contributed by atoms with E-state index in [0.717, 1.165) is 25.9 Å². The van der Waals surface area contributed by atoms with Crippen LogP contribution in [0.1, 0.15) is 31.7 Å². The van der Waals surface area contributed by atoms with Gasteiger partial charge in [0.1, 0.15) is 0 Å². The Hall–Kier alpha value is -1.76. The van der Waals surface area contributed by atoms with Gasteiger partial charge >= 0.3 is 0 Å². The smallest absolute Gasteiger partial charge is 0.261 e. The number of hydrogen-bond acceptors (Lipinski definition) is 5. The van der Waals surface area contributed by atoms with Crippen molar-refractivity contribution in [3.63, 3.8) is 0 Å². The topological polar surface area (TPSA) is 75.4 Å². The van der Waals surface area contributed by atoms with Crippen LogP contribution in [0.5, 0.6) is 5.88 Å². The van der Waals surface area contributed by atoms with Gasteiger partial charge < -0.3 is 10.0 Å². The first-order valence-corrected chi connectivity index (χ1v) is 8.91. The summed E-state index contributed by atoms with van der Waals surface area (Å²) in [5.74, 6) is 0.0213. The summed E-state index contributed by atoms with van der Waals surface area (Å²) in [5.41, 5.74) is 0.0198. The summed E-state index contributed by atoms with van der Waals surface area (Å²) in [4.78, 5) is 30.6. The van der Waals surface area contributed by atoms with E-state index < -0.39 is 0 Å². The molecule has 2 heterocycles. The molecular weight excluding hydrogens is 314 g/mol. The van der Waals surface area contributed by atoms with Gasteiger partial charge in [-0.15, -0.1) is 6.58 Å². The van der Waals surface area contributed by atoms with Crippen molar-refractivity contribution in [1.29, 1.82) is 0 Å². The van der Waals surface area contributed by atoms with Gasteiger partial charge in [-0.25, -0.2) is 0 Å². The lowest BCUT2D eigenvalue weighted by atomic mass is 10.1. The third-order valence-corrected chi connectivity index (χ3v) is 4.87. The molecule has 7 heteroatoms. The van der Waals surface area contributed by atoms with Crippen molar-refractivity contribution in [2.45, 2.75) is 44.3 Å². The van der Waals surface area contributed by atoms with Crippen LogP contribution in [0.3, 0.4) is 0 Å². The number of aromatic nitrogens is 2. The zero-order chi connectivity index (χ0) is 16.8. The number of nitrogens with zero attached hydrogens (tertiary/aromatic N) is 3. The molecule has 0 spiro atoms. The summed E-state index contributed by atoms with van der Waals surface area (Å²) in [6.45, 7) is 7.35. The fourth-order valence-corrected chi connectivity index (χ4v) is 3.53. The summed E-state index contributed by atoms with van der Waals surface area (Å²) in [6, 6.07) is 0. The molecule has 1 fully saturated rings. The second-order valence-corrected chi connectivity index (χ2v) is 6.43. The number of aromatic hydroxyl groups is 1. The van der Waals surface area contributed by atoms with Crippen LogP contribution in [0.2, 0.25) is 0 Å². The molecule has 1 aliphatic heterocycles. The highest BCUT2D eigenvalue weighted by molar-refractivity contribution is 7.99. The maximum atomic E-state index is 12.4. The lowest BCUT2D eigenvalue weighted by Gasteiger charge is -2.26.